The lowest BCUT2D eigenvalue weighted by Gasteiger charge is -2.31. The molecule has 1 aromatic carbocycles. The van der Waals surface area contributed by atoms with Gasteiger partial charge >= 0.3 is 5.97 Å². The van der Waals surface area contributed by atoms with Crippen molar-refractivity contribution in [2.45, 2.75) is 25.3 Å². The first-order valence-corrected chi connectivity index (χ1v) is 7.91. The fourth-order valence-electron chi connectivity index (χ4n) is 3.17. The topological polar surface area (TPSA) is 60.2 Å². The lowest BCUT2D eigenvalue weighted by atomic mass is 9.95. The minimum Gasteiger partial charge on any atom is -0.465 e. The van der Waals surface area contributed by atoms with E-state index in [1.54, 1.807) is 10.7 Å². The Balaban J connectivity index is 1.67. The molecule has 1 unspecified atom stereocenters. The molecule has 1 fully saturated rings. The van der Waals surface area contributed by atoms with E-state index in [0.29, 0.717) is 11.5 Å². The molecule has 6 heteroatoms. The number of methoxy groups -OCH3 is 1. The van der Waals surface area contributed by atoms with Gasteiger partial charge in [0.2, 0.25) is 0 Å². The van der Waals surface area contributed by atoms with Crippen molar-refractivity contribution in [3.8, 4) is 0 Å². The zero-order chi connectivity index (χ0) is 16.2. The molecule has 1 saturated heterocycles. The van der Waals surface area contributed by atoms with E-state index in [1.165, 1.54) is 7.11 Å². The Morgan fingerprint density at radius 3 is 3.04 bits per heavy atom. The SMILES string of the molecule is COC(=O)c1cccc(CN2CCCC(c3cn(C)nn3)C2)c1. The molecule has 0 amide bonds. The van der Waals surface area contributed by atoms with E-state index in [1.807, 2.05) is 25.4 Å². The summed E-state index contributed by atoms with van der Waals surface area (Å²) in [6.07, 6.45) is 4.31. The van der Waals surface area contributed by atoms with Crippen molar-refractivity contribution in [2.75, 3.05) is 20.2 Å². The van der Waals surface area contributed by atoms with Gasteiger partial charge in [0, 0.05) is 32.3 Å². The third-order valence-corrected chi connectivity index (χ3v) is 4.30. The molecule has 0 spiro atoms. The number of benzene rings is 1. The van der Waals surface area contributed by atoms with Crippen LogP contribution in [-0.2, 0) is 18.3 Å². The van der Waals surface area contributed by atoms with Crippen molar-refractivity contribution >= 4 is 5.97 Å². The number of hydrogen-bond acceptors (Lipinski definition) is 5. The van der Waals surface area contributed by atoms with Crippen LogP contribution in [0.1, 0.15) is 40.4 Å². The summed E-state index contributed by atoms with van der Waals surface area (Å²) in [6, 6.07) is 7.66. The standard InChI is InChI=1S/C17H22N4O2/c1-20-12-16(18-19-20)15-7-4-8-21(11-15)10-13-5-3-6-14(9-13)17(22)23-2/h3,5-6,9,12,15H,4,7-8,10-11H2,1-2H3. The van der Waals surface area contributed by atoms with Crippen LogP contribution in [0.3, 0.4) is 0 Å². The van der Waals surface area contributed by atoms with Crippen molar-refractivity contribution in [1.82, 2.24) is 19.9 Å². The lowest BCUT2D eigenvalue weighted by Crippen LogP contribution is -2.34. The summed E-state index contributed by atoms with van der Waals surface area (Å²) in [6.45, 7) is 2.88. The van der Waals surface area contributed by atoms with E-state index in [4.69, 9.17) is 4.74 Å². The monoisotopic (exact) mass is 314 g/mol. The van der Waals surface area contributed by atoms with Crippen LogP contribution in [0.5, 0.6) is 0 Å². The molecule has 1 aliphatic rings. The second-order valence-corrected chi connectivity index (χ2v) is 6.08. The number of carbonyl (C=O) groups excluding carboxylic acids is 1. The number of carbonyl (C=O) groups is 1. The highest BCUT2D eigenvalue weighted by Gasteiger charge is 2.23. The number of likely N-dealkylation sites (tertiary alicyclic amines) is 1. The van der Waals surface area contributed by atoms with Crippen LogP contribution in [0.25, 0.3) is 0 Å². The number of hydrogen-bond donors (Lipinski definition) is 0. The van der Waals surface area contributed by atoms with Crippen LogP contribution in [0.4, 0.5) is 0 Å². The summed E-state index contributed by atoms with van der Waals surface area (Å²) in [5, 5.41) is 8.29. The van der Waals surface area contributed by atoms with Gasteiger partial charge in [-0.3, -0.25) is 9.58 Å². The number of aromatic nitrogens is 3. The summed E-state index contributed by atoms with van der Waals surface area (Å²) >= 11 is 0. The van der Waals surface area contributed by atoms with Gasteiger partial charge in [0.05, 0.1) is 18.4 Å². The van der Waals surface area contributed by atoms with Gasteiger partial charge in [0.1, 0.15) is 0 Å². The molecular formula is C17H22N4O2. The fraction of sp³-hybridized carbons (Fsp3) is 0.471. The molecular weight excluding hydrogens is 292 g/mol. The normalized spacial score (nSPS) is 18.8. The Bertz CT molecular complexity index is 683. The van der Waals surface area contributed by atoms with Crippen LogP contribution in [0, 0.1) is 0 Å². The van der Waals surface area contributed by atoms with Gasteiger partial charge in [-0.25, -0.2) is 4.79 Å². The zero-order valence-electron chi connectivity index (χ0n) is 13.6. The number of nitrogens with zero attached hydrogens (tertiary/aromatic N) is 4. The minimum absolute atomic E-state index is 0.289. The number of piperidine rings is 1. The third-order valence-electron chi connectivity index (χ3n) is 4.30. The highest BCUT2D eigenvalue weighted by molar-refractivity contribution is 5.89. The number of aryl methyl sites for hydroxylation is 1. The van der Waals surface area contributed by atoms with E-state index in [2.05, 4.69) is 21.3 Å². The third kappa shape index (κ3) is 3.76. The minimum atomic E-state index is -0.289. The molecule has 3 rings (SSSR count). The van der Waals surface area contributed by atoms with E-state index < -0.39 is 0 Å². The maximum absolute atomic E-state index is 11.6. The Hall–Kier alpha value is -2.21. The van der Waals surface area contributed by atoms with Crippen molar-refractivity contribution < 1.29 is 9.53 Å². The van der Waals surface area contributed by atoms with Gasteiger partial charge < -0.3 is 4.74 Å². The van der Waals surface area contributed by atoms with Gasteiger partial charge in [0.25, 0.3) is 0 Å². The molecule has 0 N–H and O–H groups in total. The van der Waals surface area contributed by atoms with Crippen LogP contribution < -0.4 is 0 Å². The zero-order valence-corrected chi connectivity index (χ0v) is 13.6. The Morgan fingerprint density at radius 2 is 2.30 bits per heavy atom. The number of esters is 1. The smallest absolute Gasteiger partial charge is 0.337 e. The molecule has 0 aliphatic carbocycles. The molecule has 6 nitrogen and oxygen atoms in total. The van der Waals surface area contributed by atoms with E-state index in [-0.39, 0.29) is 5.97 Å². The molecule has 1 atom stereocenters. The lowest BCUT2D eigenvalue weighted by molar-refractivity contribution is 0.0600. The molecule has 2 aromatic rings. The fourth-order valence-corrected chi connectivity index (χ4v) is 3.17. The van der Waals surface area contributed by atoms with Crippen molar-refractivity contribution in [1.29, 1.82) is 0 Å². The maximum Gasteiger partial charge on any atom is 0.337 e. The van der Waals surface area contributed by atoms with Crippen molar-refractivity contribution in [3.05, 3.63) is 47.3 Å². The molecule has 1 aromatic heterocycles. The van der Waals surface area contributed by atoms with Gasteiger partial charge in [-0.2, -0.15) is 0 Å². The summed E-state index contributed by atoms with van der Waals surface area (Å²) in [5.74, 6) is 0.143. The van der Waals surface area contributed by atoms with Crippen LogP contribution >= 0.6 is 0 Å². The molecule has 1 aliphatic heterocycles. The summed E-state index contributed by atoms with van der Waals surface area (Å²) in [4.78, 5) is 14.1. The summed E-state index contributed by atoms with van der Waals surface area (Å²) < 4.78 is 6.55. The van der Waals surface area contributed by atoms with Crippen LogP contribution in [0.2, 0.25) is 0 Å². The predicted octanol–water partition coefficient (Wildman–Crippen LogP) is 1.98. The Kier molecular flexibility index (Phi) is 4.71. The van der Waals surface area contributed by atoms with Crippen LogP contribution in [0.15, 0.2) is 30.5 Å². The van der Waals surface area contributed by atoms with Gasteiger partial charge in [-0.05, 0) is 37.1 Å². The summed E-state index contributed by atoms with van der Waals surface area (Å²) in [5.41, 5.74) is 2.81. The Morgan fingerprint density at radius 1 is 1.43 bits per heavy atom. The second-order valence-electron chi connectivity index (χ2n) is 6.08. The average molecular weight is 314 g/mol. The van der Waals surface area contributed by atoms with Gasteiger partial charge in [-0.1, -0.05) is 17.3 Å². The summed E-state index contributed by atoms with van der Waals surface area (Å²) in [7, 11) is 3.31. The van der Waals surface area contributed by atoms with E-state index in [0.717, 1.165) is 43.7 Å². The Labute approximate surface area is 136 Å². The van der Waals surface area contributed by atoms with Crippen molar-refractivity contribution in [3.63, 3.8) is 0 Å². The van der Waals surface area contributed by atoms with Gasteiger partial charge in [-0.15, -0.1) is 5.10 Å². The molecule has 2 heterocycles. The van der Waals surface area contributed by atoms with Crippen LogP contribution in [-0.4, -0.2) is 46.1 Å². The largest absolute Gasteiger partial charge is 0.465 e. The molecule has 0 saturated carbocycles. The molecule has 0 bridgehead atoms. The number of rotatable bonds is 4. The first-order valence-electron chi connectivity index (χ1n) is 7.91. The quantitative estimate of drug-likeness (QED) is 0.808. The molecule has 0 radical (unpaired) electrons. The highest BCUT2D eigenvalue weighted by atomic mass is 16.5. The van der Waals surface area contributed by atoms with Gasteiger partial charge in [0.15, 0.2) is 0 Å². The maximum atomic E-state index is 11.6. The highest BCUT2D eigenvalue weighted by Crippen LogP contribution is 2.26. The molecule has 122 valence electrons. The second kappa shape index (κ2) is 6.91. The van der Waals surface area contributed by atoms with E-state index in [9.17, 15) is 4.79 Å². The van der Waals surface area contributed by atoms with Crippen molar-refractivity contribution in [2.24, 2.45) is 7.05 Å². The average Bonchev–Trinajstić information content (AvgIpc) is 3.01. The first kappa shape index (κ1) is 15.7. The van der Waals surface area contributed by atoms with E-state index >= 15 is 0 Å². The number of ether oxygens (including phenoxy) is 1. The molecule has 23 heavy (non-hydrogen) atoms. The predicted molar refractivity (Wildman–Crippen MR) is 86.0 cm³/mol. The first-order chi connectivity index (χ1) is 11.2.